The van der Waals surface area contributed by atoms with E-state index < -0.39 is 0 Å². The van der Waals surface area contributed by atoms with E-state index in [0.717, 1.165) is 17.6 Å². The van der Waals surface area contributed by atoms with E-state index in [2.05, 4.69) is 29.6 Å². The molecule has 0 aromatic carbocycles. The van der Waals surface area contributed by atoms with Gasteiger partial charge in [0, 0.05) is 6.54 Å². The van der Waals surface area contributed by atoms with Crippen LogP contribution < -0.4 is 10.7 Å². The maximum Gasteiger partial charge on any atom is 0.185 e. The zero-order valence-corrected chi connectivity index (χ0v) is 11.2. The Morgan fingerprint density at radius 1 is 1.31 bits per heavy atom. The molecule has 92 valence electrons. The molecule has 0 amide bonds. The molecule has 0 radical (unpaired) electrons. The molecule has 0 unspecified atom stereocenters. The fourth-order valence-corrected chi connectivity index (χ4v) is 2.88. The third kappa shape index (κ3) is 2.66. The molecule has 1 spiro atoms. The lowest BCUT2D eigenvalue weighted by Crippen LogP contribution is -2.52. The number of nitrogens with zero attached hydrogens (tertiary/aromatic N) is 1. The van der Waals surface area contributed by atoms with E-state index >= 15 is 0 Å². The van der Waals surface area contributed by atoms with Crippen LogP contribution in [0, 0.1) is 5.92 Å². The molecule has 3 nitrogen and oxygen atoms in total. The summed E-state index contributed by atoms with van der Waals surface area (Å²) in [5.74, 6) is 0.729. The van der Waals surface area contributed by atoms with Crippen molar-refractivity contribution in [2.24, 2.45) is 5.92 Å². The molecular weight excluding hydrogens is 218 g/mol. The number of hydrogen-bond donors (Lipinski definition) is 2. The first-order chi connectivity index (χ1) is 7.61. The van der Waals surface area contributed by atoms with Crippen molar-refractivity contribution in [1.29, 1.82) is 0 Å². The Bertz CT molecular complexity index is 259. The highest BCUT2D eigenvalue weighted by Gasteiger charge is 2.40. The van der Waals surface area contributed by atoms with Crippen LogP contribution in [0.25, 0.3) is 0 Å². The molecule has 2 aliphatic rings. The Morgan fingerprint density at radius 2 is 2.00 bits per heavy atom. The van der Waals surface area contributed by atoms with Gasteiger partial charge in [0.1, 0.15) is 5.66 Å². The Morgan fingerprint density at radius 3 is 2.62 bits per heavy atom. The highest BCUT2D eigenvalue weighted by Crippen LogP contribution is 2.29. The second kappa shape index (κ2) is 4.88. The van der Waals surface area contributed by atoms with Gasteiger partial charge in [-0.3, -0.25) is 5.01 Å². The Hall–Kier alpha value is -0.350. The summed E-state index contributed by atoms with van der Waals surface area (Å²) in [6.45, 7) is 5.52. The lowest BCUT2D eigenvalue weighted by Gasteiger charge is -2.33. The topological polar surface area (TPSA) is 27.3 Å². The third-order valence-corrected chi connectivity index (χ3v) is 3.90. The maximum absolute atomic E-state index is 5.40. The molecule has 4 heteroatoms. The first-order valence-corrected chi connectivity index (χ1v) is 6.90. The summed E-state index contributed by atoms with van der Waals surface area (Å²) < 4.78 is 0. The second-order valence-corrected chi connectivity index (χ2v) is 5.91. The Kier molecular flexibility index (Phi) is 3.70. The fraction of sp³-hybridized carbons (Fsp3) is 0.917. The van der Waals surface area contributed by atoms with Crippen molar-refractivity contribution in [2.45, 2.75) is 58.0 Å². The normalized spacial score (nSPS) is 24.2. The fourth-order valence-electron chi connectivity index (χ4n) is 2.55. The van der Waals surface area contributed by atoms with Crippen LogP contribution in [0.15, 0.2) is 0 Å². The predicted molar refractivity (Wildman–Crippen MR) is 70.8 cm³/mol. The van der Waals surface area contributed by atoms with E-state index in [0.29, 0.717) is 0 Å². The quantitative estimate of drug-likeness (QED) is 0.742. The molecule has 0 aromatic rings. The molecule has 0 atom stereocenters. The van der Waals surface area contributed by atoms with Crippen LogP contribution in [-0.2, 0) is 0 Å². The molecule has 1 aliphatic heterocycles. The molecule has 0 aromatic heterocycles. The van der Waals surface area contributed by atoms with Crippen LogP contribution in [0.5, 0.6) is 0 Å². The number of rotatable bonds is 3. The SMILES string of the molecule is CC(C)CCN1NC2(CCCCC2)NC1=S. The van der Waals surface area contributed by atoms with Gasteiger partial charge < -0.3 is 5.32 Å². The summed E-state index contributed by atoms with van der Waals surface area (Å²) in [6, 6.07) is 0. The van der Waals surface area contributed by atoms with Crippen LogP contribution in [-0.4, -0.2) is 22.3 Å². The standard InChI is InChI=1S/C12H23N3S/c1-10(2)6-9-15-11(16)13-12(14-15)7-4-3-5-8-12/h10,14H,3-9H2,1-2H3,(H,13,16). The predicted octanol–water partition coefficient (Wildman–Crippen LogP) is 2.39. The van der Waals surface area contributed by atoms with E-state index in [4.69, 9.17) is 12.2 Å². The van der Waals surface area contributed by atoms with Gasteiger partial charge >= 0.3 is 0 Å². The van der Waals surface area contributed by atoms with Gasteiger partial charge in [-0.05, 0) is 50.2 Å². The second-order valence-electron chi connectivity index (χ2n) is 5.52. The van der Waals surface area contributed by atoms with Gasteiger partial charge in [-0.1, -0.05) is 20.3 Å². The molecular formula is C12H23N3S. The number of hydrogen-bond acceptors (Lipinski definition) is 2. The highest BCUT2D eigenvalue weighted by molar-refractivity contribution is 7.80. The van der Waals surface area contributed by atoms with Gasteiger partial charge in [0.25, 0.3) is 0 Å². The van der Waals surface area contributed by atoms with Crippen molar-refractivity contribution in [3.05, 3.63) is 0 Å². The van der Waals surface area contributed by atoms with Crippen LogP contribution >= 0.6 is 12.2 Å². The minimum atomic E-state index is 0.0896. The number of hydrazine groups is 1. The summed E-state index contributed by atoms with van der Waals surface area (Å²) in [7, 11) is 0. The summed E-state index contributed by atoms with van der Waals surface area (Å²) >= 11 is 5.40. The average Bonchev–Trinajstić information content (AvgIpc) is 2.53. The largest absolute Gasteiger partial charge is 0.342 e. The molecule has 16 heavy (non-hydrogen) atoms. The zero-order chi connectivity index (χ0) is 11.6. The van der Waals surface area contributed by atoms with Crippen molar-refractivity contribution < 1.29 is 0 Å². The Balaban J connectivity index is 1.90. The van der Waals surface area contributed by atoms with Gasteiger partial charge in [0.05, 0.1) is 0 Å². The monoisotopic (exact) mass is 241 g/mol. The molecule has 1 saturated heterocycles. The minimum Gasteiger partial charge on any atom is -0.342 e. The molecule has 0 bridgehead atoms. The third-order valence-electron chi connectivity index (χ3n) is 3.58. The van der Waals surface area contributed by atoms with Crippen molar-refractivity contribution in [1.82, 2.24) is 15.8 Å². The lowest BCUT2D eigenvalue weighted by atomic mass is 9.90. The maximum atomic E-state index is 5.40. The molecule has 2 N–H and O–H groups in total. The molecule has 2 fully saturated rings. The zero-order valence-electron chi connectivity index (χ0n) is 10.4. The first-order valence-electron chi connectivity index (χ1n) is 6.49. The van der Waals surface area contributed by atoms with E-state index in [9.17, 15) is 0 Å². The summed E-state index contributed by atoms with van der Waals surface area (Å²) in [4.78, 5) is 0. The minimum absolute atomic E-state index is 0.0896. The van der Waals surface area contributed by atoms with Gasteiger partial charge in [0.2, 0.25) is 0 Å². The van der Waals surface area contributed by atoms with Crippen molar-refractivity contribution in [3.8, 4) is 0 Å². The average molecular weight is 241 g/mol. The van der Waals surface area contributed by atoms with Crippen LogP contribution in [0.3, 0.4) is 0 Å². The van der Waals surface area contributed by atoms with Gasteiger partial charge in [-0.15, -0.1) is 0 Å². The summed E-state index contributed by atoms with van der Waals surface area (Å²) in [5, 5.41) is 6.52. The van der Waals surface area contributed by atoms with Crippen molar-refractivity contribution >= 4 is 17.3 Å². The van der Waals surface area contributed by atoms with Gasteiger partial charge in [0.15, 0.2) is 5.11 Å². The lowest BCUT2D eigenvalue weighted by molar-refractivity contribution is 0.161. The van der Waals surface area contributed by atoms with Crippen LogP contribution in [0.1, 0.15) is 52.4 Å². The van der Waals surface area contributed by atoms with E-state index in [-0.39, 0.29) is 5.66 Å². The van der Waals surface area contributed by atoms with Gasteiger partial charge in [-0.2, -0.15) is 0 Å². The van der Waals surface area contributed by atoms with Crippen molar-refractivity contribution in [3.63, 3.8) is 0 Å². The van der Waals surface area contributed by atoms with Crippen LogP contribution in [0.4, 0.5) is 0 Å². The van der Waals surface area contributed by atoms with E-state index in [1.807, 2.05) is 0 Å². The molecule has 2 rings (SSSR count). The van der Waals surface area contributed by atoms with E-state index in [1.54, 1.807) is 0 Å². The van der Waals surface area contributed by atoms with E-state index in [1.165, 1.54) is 38.5 Å². The first kappa shape index (κ1) is 12.1. The smallest absolute Gasteiger partial charge is 0.185 e. The molecule has 1 heterocycles. The molecule has 1 saturated carbocycles. The Labute approximate surface area is 104 Å². The summed E-state index contributed by atoms with van der Waals surface area (Å²) in [6.07, 6.45) is 7.56. The highest BCUT2D eigenvalue weighted by atomic mass is 32.1. The van der Waals surface area contributed by atoms with Gasteiger partial charge in [-0.25, -0.2) is 5.43 Å². The number of nitrogens with one attached hydrogen (secondary N) is 2. The summed E-state index contributed by atoms with van der Waals surface area (Å²) in [5.41, 5.74) is 3.68. The van der Waals surface area contributed by atoms with Crippen molar-refractivity contribution in [2.75, 3.05) is 6.54 Å². The van der Waals surface area contributed by atoms with Crippen LogP contribution in [0.2, 0.25) is 0 Å². The molecule has 1 aliphatic carbocycles. The number of thiocarbonyl (C=S) groups is 1.